The summed E-state index contributed by atoms with van der Waals surface area (Å²) in [5.74, 6) is 0.545. The van der Waals surface area contributed by atoms with Gasteiger partial charge in [-0.05, 0) is 18.6 Å². The predicted octanol–water partition coefficient (Wildman–Crippen LogP) is 2.33. The SMILES string of the molecule is CCCCn1cncc1-c1ccc(N)nc1. The quantitative estimate of drug-likeness (QED) is 0.853. The monoisotopic (exact) mass is 216 g/mol. The van der Waals surface area contributed by atoms with Crippen LogP contribution in [0.25, 0.3) is 11.3 Å². The molecule has 0 bridgehead atoms. The van der Waals surface area contributed by atoms with E-state index < -0.39 is 0 Å². The minimum absolute atomic E-state index is 0.545. The molecule has 2 aromatic rings. The summed E-state index contributed by atoms with van der Waals surface area (Å²) in [7, 11) is 0. The molecule has 0 fully saturated rings. The first kappa shape index (κ1) is 10.7. The maximum Gasteiger partial charge on any atom is 0.123 e. The second-order valence-electron chi connectivity index (χ2n) is 3.80. The van der Waals surface area contributed by atoms with Crippen molar-refractivity contribution in [2.75, 3.05) is 5.73 Å². The highest BCUT2D eigenvalue weighted by Crippen LogP contribution is 2.19. The van der Waals surface area contributed by atoms with Crippen molar-refractivity contribution in [3.63, 3.8) is 0 Å². The lowest BCUT2D eigenvalue weighted by Crippen LogP contribution is -1.99. The van der Waals surface area contributed by atoms with Crippen molar-refractivity contribution in [1.82, 2.24) is 14.5 Å². The standard InChI is InChI=1S/C12H16N4/c1-2-3-6-16-9-14-8-11(16)10-4-5-12(13)15-7-10/h4-5,7-9H,2-3,6H2,1H3,(H2,13,15). The van der Waals surface area contributed by atoms with E-state index >= 15 is 0 Å². The molecular weight excluding hydrogens is 200 g/mol. The van der Waals surface area contributed by atoms with Gasteiger partial charge in [0.1, 0.15) is 5.82 Å². The van der Waals surface area contributed by atoms with Gasteiger partial charge in [0.25, 0.3) is 0 Å². The molecule has 4 nitrogen and oxygen atoms in total. The van der Waals surface area contributed by atoms with E-state index in [-0.39, 0.29) is 0 Å². The highest BCUT2D eigenvalue weighted by Gasteiger charge is 2.04. The largest absolute Gasteiger partial charge is 0.384 e. The Morgan fingerprint density at radius 1 is 1.31 bits per heavy atom. The Morgan fingerprint density at radius 3 is 2.88 bits per heavy atom. The van der Waals surface area contributed by atoms with Crippen LogP contribution < -0.4 is 5.73 Å². The summed E-state index contributed by atoms with van der Waals surface area (Å²) in [5.41, 5.74) is 7.72. The fourth-order valence-electron chi connectivity index (χ4n) is 1.62. The summed E-state index contributed by atoms with van der Waals surface area (Å²) in [5, 5.41) is 0. The van der Waals surface area contributed by atoms with Crippen molar-refractivity contribution in [3.8, 4) is 11.3 Å². The molecular formula is C12H16N4. The van der Waals surface area contributed by atoms with Gasteiger partial charge in [0.15, 0.2) is 0 Å². The molecule has 0 aliphatic carbocycles. The van der Waals surface area contributed by atoms with Crippen molar-refractivity contribution in [3.05, 3.63) is 30.9 Å². The van der Waals surface area contributed by atoms with Crippen LogP contribution in [0.15, 0.2) is 30.9 Å². The van der Waals surface area contributed by atoms with Crippen LogP contribution in [-0.2, 0) is 6.54 Å². The Hall–Kier alpha value is -1.84. The molecule has 16 heavy (non-hydrogen) atoms. The normalized spacial score (nSPS) is 10.6. The zero-order valence-corrected chi connectivity index (χ0v) is 9.43. The van der Waals surface area contributed by atoms with Crippen LogP contribution in [0.1, 0.15) is 19.8 Å². The molecule has 2 aromatic heterocycles. The molecule has 0 amide bonds. The molecule has 4 heteroatoms. The van der Waals surface area contributed by atoms with Gasteiger partial charge in [-0.15, -0.1) is 0 Å². The summed E-state index contributed by atoms with van der Waals surface area (Å²) in [6.45, 7) is 3.18. The predicted molar refractivity (Wildman–Crippen MR) is 64.8 cm³/mol. The smallest absolute Gasteiger partial charge is 0.123 e. The van der Waals surface area contributed by atoms with Crippen molar-refractivity contribution >= 4 is 5.82 Å². The second-order valence-corrected chi connectivity index (χ2v) is 3.80. The van der Waals surface area contributed by atoms with Gasteiger partial charge in [-0.25, -0.2) is 9.97 Å². The van der Waals surface area contributed by atoms with Gasteiger partial charge in [0.05, 0.1) is 18.2 Å². The molecule has 0 aromatic carbocycles. The first-order chi connectivity index (χ1) is 7.81. The van der Waals surface area contributed by atoms with E-state index in [9.17, 15) is 0 Å². The van der Waals surface area contributed by atoms with E-state index in [0.717, 1.165) is 24.2 Å². The van der Waals surface area contributed by atoms with Gasteiger partial charge in [0, 0.05) is 18.3 Å². The summed E-state index contributed by atoms with van der Waals surface area (Å²) < 4.78 is 2.15. The van der Waals surface area contributed by atoms with Crippen LogP contribution in [0.4, 0.5) is 5.82 Å². The minimum Gasteiger partial charge on any atom is -0.384 e. The molecule has 0 saturated carbocycles. The van der Waals surface area contributed by atoms with Gasteiger partial charge in [0.2, 0.25) is 0 Å². The van der Waals surface area contributed by atoms with E-state index in [4.69, 9.17) is 5.73 Å². The second kappa shape index (κ2) is 4.79. The Labute approximate surface area is 95.1 Å². The van der Waals surface area contributed by atoms with E-state index in [1.807, 2.05) is 24.7 Å². The first-order valence-electron chi connectivity index (χ1n) is 5.53. The average molecular weight is 216 g/mol. The maximum absolute atomic E-state index is 5.56. The third-order valence-corrected chi connectivity index (χ3v) is 2.55. The molecule has 0 spiro atoms. The zero-order chi connectivity index (χ0) is 11.4. The van der Waals surface area contributed by atoms with Crippen LogP contribution in [0.3, 0.4) is 0 Å². The van der Waals surface area contributed by atoms with E-state index in [0.29, 0.717) is 5.82 Å². The molecule has 0 aliphatic rings. The lowest BCUT2D eigenvalue weighted by molar-refractivity contribution is 0.636. The lowest BCUT2D eigenvalue weighted by Gasteiger charge is -2.07. The molecule has 0 aliphatic heterocycles. The van der Waals surface area contributed by atoms with Crippen molar-refractivity contribution in [1.29, 1.82) is 0 Å². The van der Waals surface area contributed by atoms with E-state index in [2.05, 4.69) is 21.5 Å². The minimum atomic E-state index is 0.545. The number of hydrogen-bond acceptors (Lipinski definition) is 3. The van der Waals surface area contributed by atoms with Gasteiger partial charge >= 0.3 is 0 Å². The summed E-state index contributed by atoms with van der Waals surface area (Å²) in [6, 6.07) is 3.79. The number of hydrogen-bond donors (Lipinski definition) is 1. The van der Waals surface area contributed by atoms with Gasteiger partial charge in [-0.1, -0.05) is 13.3 Å². The third-order valence-electron chi connectivity index (χ3n) is 2.55. The molecule has 0 atom stereocenters. The van der Waals surface area contributed by atoms with Crippen LogP contribution in [-0.4, -0.2) is 14.5 Å². The molecule has 2 rings (SSSR count). The van der Waals surface area contributed by atoms with Gasteiger partial charge in [-0.3, -0.25) is 0 Å². The number of aromatic nitrogens is 3. The number of nitrogens with two attached hydrogens (primary N) is 1. The fourth-order valence-corrected chi connectivity index (χ4v) is 1.62. The summed E-state index contributed by atoms with van der Waals surface area (Å²) >= 11 is 0. The van der Waals surface area contributed by atoms with Crippen LogP contribution in [0, 0.1) is 0 Å². The van der Waals surface area contributed by atoms with Crippen LogP contribution >= 0.6 is 0 Å². The highest BCUT2D eigenvalue weighted by atomic mass is 15.0. The average Bonchev–Trinajstić information content (AvgIpc) is 2.75. The molecule has 2 N–H and O–H groups in total. The number of unbranched alkanes of at least 4 members (excludes halogenated alkanes) is 1. The Balaban J connectivity index is 2.26. The molecule has 0 unspecified atom stereocenters. The van der Waals surface area contributed by atoms with Gasteiger partial charge in [-0.2, -0.15) is 0 Å². The fraction of sp³-hybridized carbons (Fsp3) is 0.333. The van der Waals surface area contributed by atoms with Gasteiger partial charge < -0.3 is 10.3 Å². The topological polar surface area (TPSA) is 56.7 Å². The van der Waals surface area contributed by atoms with Crippen molar-refractivity contribution in [2.45, 2.75) is 26.3 Å². The summed E-state index contributed by atoms with van der Waals surface area (Å²) in [6.07, 6.45) is 7.85. The number of aryl methyl sites for hydroxylation is 1. The maximum atomic E-state index is 5.56. The molecule has 84 valence electrons. The van der Waals surface area contributed by atoms with E-state index in [1.54, 1.807) is 6.20 Å². The number of imidazole rings is 1. The lowest BCUT2D eigenvalue weighted by atomic mass is 10.2. The Kier molecular flexibility index (Phi) is 3.19. The first-order valence-corrected chi connectivity index (χ1v) is 5.53. The van der Waals surface area contributed by atoms with Crippen molar-refractivity contribution in [2.24, 2.45) is 0 Å². The number of anilines is 1. The highest BCUT2D eigenvalue weighted by molar-refractivity contribution is 5.58. The molecule has 0 saturated heterocycles. The zero-order valence-electron chi connectivity index (χ0n) is 9.43. The van der Waals surface area contributed by atoms with Crippen LogP contribution in [0.2, 0.25) is 0 Å². The number of nitrogen functional groups attached to an aromatic ring is 1. The van der Waals surface area contributed by atoms with Crippen molar-refractivity contribution < 1.29 is 0 Å². The van der Waals surface area contributed by atoms with E-state index in [1.165, 1.54) is 6.42 Å². The third kappa shape index (κ3) is 2.21. The molecule has 0 radical (unpaired) electrons. The summed E-state index contributed by atoms with van der Waals surface area (Å²) in [4.78, 5) is 8.27. The number of pyridine rings is 1. The number of nitrogens with zero attached hydrogens (tertiary/aromatic N) is 3. The number of rotatable bonds is 4. The molecule has 2 heterocycles. The van der Waals surface area contributed by atoms with Crippen LogP contribution in [0.5, 0.6) is 0 Å². The Bertz CT molecular complexity index is 444. The Morgan fingerprint density at radius 2 is 2.19 bits per heavy atom.